The van der Waals surface area contributed by atoms with Crippen LogP contribution in [0.5, 0.6) is 0 Å². The van der Waals surface area contributed by atoms with E-state index in [1.165, 1.54) is 0 Å². The average Bonchev–Trinajstić information content (AvgIpc) is 3.06. The molecule has 1 amide bonds. The van der Waals surface area contributed by atoms with Gasteiger partial charge in [-0.3, -0.25) is 0 Å². The molecule has 0 aromatic carbocycles. The van der Waals surface area contributed by atoms with Crippen LogP contribution in [0.15, 0.2) is 18.7 Å². The molecule has 0 bridgehead atoms. The lowest BCUT2D eigenvalue weighted by Gasteiger charge is -2.28. The Morgan fingerprint density at radius 1 is 1.45 bits per heavy atom. The SMILES string of the molecule is CC(C)(C)OC(=O)N1CCCC1CNCCCn1ccnc1. The molecular formula is C16H28N4O2. The number of imidazole rings is 1. The predicted octanol–water partition coefficient (Wildman–Crippen LogP) is 2.26. The van der Waals surface area contributed by atoms with Crippen molar-refractivity contribution in [2.45, 2.75) is 58.2 Å². The first-order valence-corrected chi connectivity index (χ1v) is 8.12. The predicted molar refractivity (Wildman–Crippen MR) is 85.7 cm³/mol. The van der Waals surface area contributed by atoms with Gasteiger partial charge in [-0.15, -0.1) is 0 Å². The number of hydrogen-bond acceptors (Lipinski definition) is 4. The Morgan fingerprint density at radius 2 is 2.27 bits per heavy atom. The molecule has 124 valence electrons. The van der Waals surface area contributed by atoms with E-state index in [9.17, 15) is 4.79 Å². The van der Waals surface area contributed by atoms with Crippen molar-refractivity contribution >= 4 is 6.09 Å². The molecule has 22 heavy (non-hydrogen) atoms. The lowest BCUT2D eigenvalue weighted by atomic mass is 10.2. The molecule has 0 aliphatic carbocycles. The number of ether oxygens (including phenoxy) is 1. The van der Waals surface area contributed by atoms with Crippen LogP contribution < -0.4 is 5.32 Å². The van der Waals surface area contributed by atoms with Crippen LogP contribution in [0.25, 0.3) is 0 Å². The molecule has 1 unspecified atom stereocenters. The van der Waals surface area contributed by atoms with Crippen LogP contribution in [0, 0.1) is 0 Å². The van der Waals surface area contributed by atoms with Gasteiger partial charge < -0.3 is 19.5 Å². The minimum atomic E-state index is -0.428. The summed E-state index contributed by atoms with van der Waals surface area (Å²) in [6.07, 6.45) is 8.58. The summed E-state index contributed by atoms with van der Waals surface area (Å²) in [6.45, 7) is 9.27. The van der Waals surface area contributed by atoms with Gasteiger partial charge in [0.25, 0.3) is 0 Å². The number of nitrogens with zero attached hydrogens (tertiary/aromatic N) is 3. The molecular weight excluding hydrogens is 280 g/mol. The van der Waals surface area contributed by atoms with Gasteiger partial charge in [0.05, 0.1) is 6.33 Å². The molecule has 6 nitrogen and oxygen atoms in total. The van der Waals surface area contributed by atoms with Crippen molar-refractivity contribution in [2.75, 3.05) is 19.6 Å². The first-order chi connectivity index (χ1) is 10.5. The number of nitrogens with one attached hydrogen (secondary N) is 1. The van der Waals surface area contributed by atoms with Crippen LogP contribution >= 0.6 is 0 Å². The first-order valence-electron chi connectivity index (χ1n) is 8.12. The molecule has 1 aromatic rings. The highest BCUT2D eigenvalue weighted by molar-refractivity contribution is 5.69. The second-order valence-electron chi connectivity index (χ2n) is 6.83. The average molecular weight is 308 g/mol. The zero-order chi connectivity index (χ0) is 16.0. The number of rotatable bonds is 6. The number of aromatic nitrogens is 2. The fourth-order valence-electron chi connectivity index (χ4n) is 2.68. The third-order valence-electron chi connectivity index (χ3n) is 3.71. The number of aryl methyl sites for hydroxylation is 1. The molecule has 6 heteroatoms. The smallest absolute Gasteiger partial charge is 0.410 e. The maximum absolute atomic E-state index is 12.2. The minimum absolute atomic E-state index is 0.185. The molecule has 0 saturated carbocycles. The Hall–Kier alpha value is -1.56. The summed E-state index contributed by atoms with van der Waals surface area (Å²) in [5.74, 6) is 0. The number of carbonyl (C=O) groups is 1. The van der Waals surface area contributed by atoms with Gasteiger partial charge in [-0.05, 0) is 46.6 Å². The zero-order valence-electron chi connectivity index (χ0n) is 13.9. The maximum Gasteiger partial charge on any atom is 0.410 e. The van der Waals surface area contributed by atoms with Gasteiger partial charge in [-0.2, -0.15) is 0 Å². The highest BCUT2D eigenvalue weighted by Crippen LogP contribution is 2.20. The summed E-state index contributed by atoms with van der Waals surface area (Å²) in [4.78, 5) is 18.1. The van der Waals surface area contributed by atoms with Crippen LogP contribution in [0.4, 0.5) is 4.79 Å². The molecule has 1 aliphatic heterocycles. The molecule has 1 aliphatic rings. The summed E-state index contributed by atoms with van der Waals surface area (Å²) in [6, 6.07) is 0.253. The van der Waals surface area contributed by atoms with E-state index in [2.05, 4.69) is 14.9 Å². The largest absolute Gasteiger partial charge is 0.444 e. The standard InChI is InChI=1S/C16H28N4O2/c1-16(2,3)22-15(21)20-10-4-6-14(20)12-17-7-5-9-19-11-8-18-13-19/h8,11,13-14,17H,4-7,9-10,12H2,1-3H3. The fraction of sp³-hybridized carbons (Fsp3) is 0.750. The van der Waals surface area contributed by atoms with E-state index in [-0.39, 0.29) is 12.1 Å². The summed E-state index contributed by atoms with van der Waals surface area (Å²) in [7, 11) is 0. The summed E-state index contributed by atoms with van der Waals surface area (Å²) in [5.41, 5.74) is -0.428. The van der Waals surface area contributed by atoms with Gasteiger partial charge in [-0.25, -0.2) is 9.78 Å². The Balaban J connectivity index is 1.66. The second-order valence-corrected chi connectivity index (χ2v) is 6.83. The normalized spacial score (nSPS) is 18.7. The van der Waals surface area contributed by atoms with Gasteiger partial charge in [0.2, 0.25) is 0 Å². The second kappa shape index (κ2) is 7.63. The van der Waals surface area contributed by atoms with Crippen molar-refractivity contribution in [3.63, 3.8) is 0 Å². The highest BCUT2D eigenvalue weighted by Gasteiger charge is 2.31. The Bertz CT molecular complexity index is 453. The summed E-state index contributed by atoms with van der Waals surface area (Å²) >= 11 is 0. The van der Waals surface area contributed by atoms with Crippen LogP contribution in [-0.4, -0.2) is 51.8 Å². The first kappa shape index (κ1) is 16.8. The molecule has 2 rings (SSSR count). The van der Waals surface area contributed by atoms with E-state index >= 15 is 0 Å². The Kier molecular flexibility index (Phi) is 5.83. The lowest BCUT2D eigenvalue weighted by molar-refractivity contribution is 0.0226. The monoisotopic (exact) mass is 308 g/mol. The number of carbonyl (C=O) groups excluding carboxylic acids is 1. The number of amides is 1. The summed E-state index contributed by atoms with van der Waals surface area (Å²) in [5, 5.41) is 3.45. The fourth-order valence-corrected chi connectivity index (χ4v) is 2.68. The molecule has 1 aromatic heterocycles. The molecule has 1 atom stereocenters. The third-order valence-corrected chi connectivity index (χ3v) is 3.71. The molecule has 1 N–H and O–H groups in total. The van der Waals surface area contributed by atoms with Crippen molar-refractivity contribution in [1.82, 2.24) is 19.8 Å². The van der Waals surface area contributed by atoms with Gasteiger partial charge in [0.15, 0.2) is 0 Å². The number of likely N-dealkylation sites (tertiary alicyclic amines) is 1. The van der Waals surface area contributed by atoms with E-state index in [1.54, 1.807) is 6.20 Å². The summed E-state index contributed by atoms with van der Waals surface area (Å²) < 4.78 is 7.55. The minimum Gasteiger partial charge on any atom is -0.444 e. The van der Waals surface area contributed by atoms with E-state index in [0.29, 0.717) is 0 Å². The highest BCUT2D eigenvalue weighted by atomic mass is 16.6. The van der Waals surface area contributed by atoms with Crippen LogP contribution in [0.2, 0.25) is 0 Å². The molecule has 0 radical (unpaired) electrons. The van der Waals surface area contributed by atoms with Gasteiger partial charge in [0.1, 0.15) is 5.60 Å². The van der Waals surface area contributed by atoms with Crippen LogP contribution in [0.1, 0.15) is 40.0 Å². The van der Waals surface area contributed by atoms with Crippen molar-refractivity contribution in [3.8, 4) is 0 Å². The number of hydrogen-bond donors (Lipinski definition) is 1. The molecule has 1 fully saturated rings. The Labute approximate surface area is 132 Å². The third kappa shape index (κ3) is 5.33. The van der Waals surface area contributed by atoms with Gasteiger partial charge in [-0.1, -0.05) is 0 Å². The van der Waals surface area contributed by atoms with Crippen molar-refractivity contribution in [1.29, 1.82) is 0 Å². The topological polar surface area (TPSA) is 59.4 Å². The van der Waals surface area contributed by atoms with Gasteiger partial charge in [0, 0.05) is 38.1 Å². The zero-order valence-corrected chi connectivity index (χ0v) is 13.9. The Morgan fingerprint density at radius 3 is 2.95 bits per heavy atom. The molecule has 0 spiro atoms. The van der Waals surface area contributed by atoms with Crippen molar-refractivity contribution in [3.05, 3.63) is 18.7 Å². The van der Waals surface area contributed by atoms with Crippen molar-refractivity contribution in [2.24, 2.45) is 0 Å². The quantitative estimate of drug-likeness (QED) is 0.819. The van der Waals surface area contributed by atoms with E-state index in [0.717, 1.165) is 45.4 Å². The molecule has 2 heterocycles. The maximum atomic E-state index is 12.2. The van der Waals surface area contributed by atoms with Crippen LogP contribution in [0.3, 0.4) is 0 Å². The van der Waals surface area contributed by atoms with Gasteiger partial charge >= 0.3 is 6.09 Å². The van der Waals surface area contributed by atoms with Crippen LogP contribution in [-0.2, 0) is 11.3 Å². The van der Waals surface area contributed by atoms with Crippen molar-refractivity contribution < 1.29 is 9.53 Å². The van der Waals surface area contributed by atoms with E-state index in [1.807, 2.05) is 38.2 Å². The lowest BCUT2D eigenvalue weighted by Crippen LogP contribution is -2.44. The molecule has 1 saturated heterocycles. The van der Waals surface area contributed by atoms with E-state index < -0.39 is 5.60 Å². The van der Waals surface area contributed by atoms with E-state index in [4.69, 9.17) is 4.74 Å².